The van der Waals surface area contributed by atoms with Crippen LogP contribution in [0.5, 0.6) is 0 Å². The van der Waals surface area contributed by atoms with Gasteiger partial charge in [0.2, 0.25) is 0 Å². The van der Waals surface area contributed by atoms with Crippen LogP contribution >= 0.6 is 0 Å². The monoisotopic (exact) mass is 178 g/mol. The van der Waals surface area contributed by atoms with Crippen LogP contribution in [0.2, 0.25) is 0 Å². The second-order valence-electron chi connectivity index (χ2n) is 4.18. The Bertz CT molecular complexity index is 157. The van der Waals surface area contributed by atoms with E-state index in [2.05, 4.69) is 5.73 Å². The standard InChI is InChI=1S/C9H17F2N/c1-6(2)8-7(12)4-3-5-9(8,10)11/h6-8H,3-5,12H2,1-2H3/p+1. The summed E-state index contributed by atoms with van der Waals surface area (Å²) in [5, 5.41) is 0. The molecule has 1 rings (SSSR count). The van der Waals surface area contributed by atoms with E-state index in [1.165, 1.54) is 0 Å². The Balaban J connectivity index is 2.74. The van der Waals surface area contributed by atoms with Gasteiger partial charge in [-0.1, -0.05) is 13.8 Å². The summed E-state index contributed by atoms with van der Waals surface area (Å²) in [4.78, 5) is 0. The largest absolute Gasteiger partial charge is 0.355 e. The SMILES string of the molecule is CC(C)C1C([NH3+])CCCC1(F)F. The lowest BCUT2D eigenvalue weighted by Crippen LogP contribution is -2.69. The van der Waals surface area contributed by atoms with Gasteiger partial charge in [0.15, 0.2) is 0 Å². The molecule has 1 saturated carbocycles. The van der Waals surface area contributed by atoms with Crippen LogP contribution in [-0.4, -0.2) is 12.0 Å². The van der Waals surface area contributed by atoms with Crippen molar-refractivity contribution in [2.45, 2.75) is 45.1 Å². The second-order valence-corrected chi connectivity index (χ2v) is 4.18. The average molecular weight is 178 g/mol. The average Bonchev–Trinajstić information content (AvgIpc) is 1.82. The van der Waals surface area contributed by atoms with E-state index in [1.807, 2.05) is 13.8 Å². The number of quaternary nitrogens is 1. The summed E-state index contributed by atoms with van der Waals surface area (Å²) in [7, 11) is 0. The molecule has 12 heavy (non-hydrogen) atoms. The van der Waals surface area contributed by atoms with E-state index in [9.17, 15) is 8.78 Å². The first kappa shape index (κ1) is 9.90. The number of halogens is 2. The maximum Gasteiger partial charge on any atom is 0.256 e. The molecule has 0 heterocycles. The van der Waals surface area contributed by atoms with Gasteiger partial charge in [-0.05, 0) is 18.8 Å². The van der Waals surface area contributed by atoms with Crippen molar-refractivity contribution in [3.8, 4) is 0 Å². The maximum absolute atomic E-state index is 13.3. The highest BCUT2D eigenvalue weighted by Gasteiger charge is 2.48. The van der Waals surface area contributed by atoms with Crippen molar-refractivity contribution >= 4 is 0 Å². The first-order valence-corrected chi connectivity index (χ1v) is 4.66. The van der Waals surface area contributed by atoms with Gasteiger partial charge in [-0.25, -0.2) is 8.78 Å². The minimum absolute atomic E-state index is 0.0443. The number of rotatable bonds is 1. The van der Waals surface area contributed by atoms with Gasteiger partial charge in [-0.15, -0.1) is 0 Å². The van der Waals surface area contributed by atoms with Crippen LogP contribution in [0, 0.1) is 11.8 Å². The Morgan fingerprint density at radius 2 is 2.00 bits per heavy atom. The van der Waals surface area contributed by atoms with E-state index in [-0.39, 0.29) is 18.4 Å². The number of alkyl halides is 2. The van der Waals surface area contributed by atoms with E-state index >= 15 is 0 Å². The molecule has 0 radical (unpaired) electrons. The third kappa shape index (κ3) is 1.76. The van der Waals surface area contributed by atoms with Crippen LogP contribution in [0.4, 0.5) is 8.78 Å². The minimum Gasteiger partial charge on any atom is -0.355 e. The fourth-order valence-electron chi connectivity index (χ4n) is 2.32. The smallest absolute Gasteiger partial charge is 0.256 e. The van der Waals surface area contributed by atoms with Gasteiger partial charge in [0.1, 0.15) is 0 Å². The zero-order valence-corrected chi connectivity index (χ0v) is 7.82. The lowest BCUT2D eigenvalue weighted by Gasteiger charge is -2.36. The van der Waals surface area contributed by atoms with Crippen LogP contribution < -0.4 is 5.73 Å². The van der Waals surface area contributed by atoms with Gasteiger partial charge >= 0.3 is 0 Å². The Labute approximate surface area is 72.3 Å². The fraction of sp³-hybridized carbons (Fsp3) is 1.00. The third-order valence-corrected chi connectivity index (χ3v) is 2.80. The van der Waals surface area contributed by atoms with Crippen molar-refractivity contribution in [1.82, 2.24) is 0 Å². The maximum atomic E-state index is 13.3. The molecule has 0 aliphatic heterocycles. The molecule has 0 saturated heterocycles. The fourth-order valence-corrected chi connectivity index (χ4v) is 2.32. The summed E-state index contributed by atoms with van der Waals surface area (Å²) in [5.74, 6) is -2.94. The summed E-state index contributed by atoms with van der Waals surface area (Å²) in [6, 6.07) is -0.0613. The van der Waals surface area contributed by atoms with Crippen molar-refractivity contribution in [3.05, 3.63) is 0 Å². The molecule has 0 bridgehead atoms. The Morgan fingerprint density at radius 3 is 2.33 bits per heavy atom. The van der Waals surface area contributed by atoms with Crippen LogP contribution in [0.15, 0.2) is 0 Å². The molecule has 1 nitrogen and oxygen atoms in total. The molecule has 0 aromatic carbocycles. The Hall–Kier alpha value is -0.180. The van der Waals surface area contributed by atoms with E-state index in [4.69, 9.17) is 0 Å². The van der Waals surface area contributed by atoms with Crippen LogP contribution in [0.1, 0.15) is 33.1 Å². The zero-order chi connectivity index (χ0) is 9.35. The minimum atomic E-state index is -2.47. The molecule has 2 atom stereocenters. The molecular formula is C9H18F2N+. The molecule has 0 spiro atoms. The molecule has 2 unspecified atom stereocenters. The van der Waals surface area contributed by atoms with E-state index in [0.717, 1.165) is 6.42 Å². The summed E-state index contributed by atoms with van der Waals surface area (Å²) < 4.78 is 26.7. The van der Waals surface area contributed by atoms with E-state index in [1.54, 1.807) is 0 Å². The molecule has 3 heteroatoms. The second kappa shape index (κ2) is 3.29. The molecule has 72 valence electrons. The first-order valence-electron chi connectivity index (χ1n) is 4.66. The molecule has 0 aromatic rings. The Kier molecular flexibility index (Phi) is 2.71. The van der Waals surface area contributed by atoms with Gasteiger partial charge in [0, 0.05) is 6.42 Å². The summed E-state index contributed by atoms with van der Waals surface area (Å²) >= 11 is 0. The molecule has 1 aliphatic carbocycles. The topological polar surface area (TPSA) is 27.6 Å². The molecule has 0 amide bonds. The van der Waals surface area contributed by atoms with Crippen molar-refractivity contribution < 1.29 is 14.5 Å². The van der Waals surface area contributed by atoms with E-state index in [0.29, 0.717) is 6.42 Å². The predicted octanol–water partition coefficient (Wildman–Crippen LogP) is 1.69. The highest BCUT2D eigenvalue weighted by molar-refractivity contribution is 4.88. The van der Waals surface area contributed by atoms with E-state index < -0.39 is 11.8 Å². The normalized spacial score (nSPS) is 35.5. The van der Waals surface area contributed by atoms with Crippen molar-refractivity contribution in [3.63, 3.8) is 0 Å². The van der Waals surface area contributed by atoms with Gasteiger partial charge in [0.05, 0.1) is 12.0 Å². The highest BCUT2D eigenvalue weighted by atomic mass is 19.3. The molecule has 0 aromatic heterocycles. The van der Waals surface area contributed by atoms with Crippen molar-refractivity contribution in [2.24, 2.45) is 11.8 Å². The van der Waals surface area contributed by atoms with Gasteiger partial charge in [0.25, 0.3) is 5.92 Å². The van der Waals surface area contributed by atoms with Crippen molar-refractivity contribution in [2.75, 3.05) is 0 Å². The van der Waals surface area contributed by atoms with Crippen molar-refractivity contribution in [1.29, 1.82) is 0 Å². The number of hydrogen-bond donors (Lipinski definition) is 1. The quantitative estimate of drug-likeness (QED) is 0.633. The molecule has 1 aliphatic rings. The van der Waals surface area contributed by atoms with Gasteiger partial charge in [-0.2, -0.15) is 0 Å². The van der Waals surface area contributed by atoms with Crippen LogP contribution in [0.3, 0.4) is 0 Å². The predicted molar refractivity (Wildman–Crippen MR) is 43.8 cm³/mol. The molecule has 1 fully saturated rings. The summed E-state index contributed by atoms with van der Waals surface area (Å²) in [6.07, 6.45) is 1.55. The molecular weight excluding hydrogens is 160 g/mol. The van der Waals surface area contributed by atoms with Crippen LogP contribution in [0.25, 0.3) is 0 Å². The third-order valence-electron chi connectivity index (χ3n) is 2.80. The van der Waals surface area contributed by atoms with Gasteiger partial charge in [-0.3, -0.25) is 0 Å². The first-order chi connectivity index (χ1) is 5.45. The highest BCUT2D eigenvalue weighted by Crippen LogP contribution is 2.40. The summed E-state index contributed by atoms with van der Waals surface area (Å²) in [6.45, 7) is 3.73. The zero-order valence-electron chi connectivity index (χ0n) is 7.82. The lowest BCUT2D eigenvalue weighted by molar-refractivity contribution is -0.454. The van der Waals surface area contributed by atoms with Gasteiger partial charge < -0.3 is 5.73 Å². The number of hydrogen-bond acceptors (Lipinski definition) is 0. The van der Waals surface area contributed by atoms with Crippen LogP contribution in [-0.2, 0) is 0 Å². The summed E-state index contributed by atoms with van der Waals surface area (Å²) in [5.41, 5.74) is 3.82. The lowest BCUT2D eigenvalue weighted by atomic mass is 9.75. The Morgan fingerprint density at radius 1 is 1.42 bits per heavy atom. The molecule has 3 N–H and O–H groups in total.